The van der Waals surface area contributed by atoms with Crippen molar-refractivity contribution in [1.29, 1.82) is 0 Å². The summed E-state index contributed by atoms with van der Waals surface area (Å²) in [6, 6.07) is 1.73. The summed E-state index contributed by atoms with van der Waals surface area (Å²) < 4.78 is 35.4. The molecule has 0 fully saturated rings. The number of aromatic nitrogens is 1. The number of anilines is 1. The lowest BCUT2D eigenvalue weighted by molar-refractivity contribution is 0.0937. The van der Waals surface area contributed by atoms with Crippen LogP contribution >= 0.6 is 22.9 Å². The summed E-state index contributed by atoms with van der Waals surface area (Å²) in [7, 11) is -2.96. The Balaban J connectivity index is 2.24. The van der Waals surface area contributed by atoms with Crippen molar-refractivity contribution in [1.82, 2.24) is 5.16 Å². The molecule has 2 heterocycles. The number of phenols is 1. The predicted octanol–water partition coefficient (Wildman–Crippen LogP) is 3.89. The van der Waals surface area contributed by atoms with Crippen LogP contribution in [-0.4, -0.2) is 38.4 Å². The average molecular weight is 500 g/mol. The average Bonchev–Trinajstić information content (AvgIpc) is 3.29. The van der Waals surface area contributed by atoms with E-state index in [-0.39, 0.29) is 33.7 Å². The number of benzene rings is 1. The van der Waals surface area contributed by atoms with Gasteiger partial charge in [-0.2, -0.15) is 0 Å². The molecule has 3 N–H and O–H groups in total. The first-order valence-corrected chi connectivity index (χ1v) is 12.1. The second-order valence-electron chi connectivity index (χ2n) is 7.25. The van der Waals surface area contributed by atoms with Crippen molar-refractivity contribution in [2.24, 2.45) is 5.14 Å². The molecule has 3 aromatic rings. The number of primary sulfonamides is 1. The number of halogens is 1. The zero-order chi connectivity index (χ0) is 24.0. The van der Waals surface area contributed by atoms with E-state index in [9.17, 15) is 18.3 Å². The number of methoxy groups -OCH3 is 1. The van der Waals surface area contributed by atoms with Gasteiger partial charge in [0.15, 0.2) is 5.76 Å². The van der Waals surface area contributed by atoms with Crippen molar-refractivity contribution >= 4 is 44.6 Å². The molecule has 12 heteroatoms. The molecule has 1 amide bonds. The molecule has 0 saturated carbocycles. The highest BCUT2D eigenvalue weighted by atomic mass is 35.5. The van der Waals surface area contributed by atoms with E-state index in [0.29, 0.717) is 28.1 Å². The number of aromatic hydroxyl groups is 1. The molecular formula is C20H22ClN3O6S2. The number of hydrogen-bond acceptors (Lipinski definition) is 8. The lowest BCUT2D eigenvalue weighted by Gasteiger charge is -2.26. The van der Waals surface area contributed by atoms with Crippen LogP contribution in [0.2, 0.25) is 5.02 Å². The fraction of sp³-hybridized carbons (Fsp3) is 0.300. The fourth-order valence-electron chi connectivity index (χ4n) is 3.52. The van der Waals surface area contributed by atoms with Crippen LogP contribution in [0.1, 0.15) is 32.1 Å². The molecule has 3 rings (SSSR count). The van der Waals surface area contributed by atoms with Gasteiger partial charge in [-0.3, -0.25) is 9.69 Å². The van der Waals surface area contributed by atoms with Gasteiger partial charge in [0.1, 0.15) is 27.3 Å². The van der Waals surface area contributed by atoms with Crippen LogP contribution < -0.4 is 10.0 Å². The number of ether oxygens (including phenoxy) is 1. The molecule has 0 aliphatic carbocycles. The van der Waals surface area contributed by atoms with Crippen molar-refractivity contribution in [3.63, 3.8) is 0 Å². The number of sulfonamides is 1. The van der Waals surface area contributed by atoms with Crippen molar-refractivity contribution in [2.45, 2.75) is 32.6 Å². The SMILES string of the molecule is COCN(C(=O)c1scc(-c2onc(C)c2Cl)c1S(N)(=O)=O)c1c(C)cc(C)c(O)c1C. The molecule has 0 bridgehead atoms. The largest absolute Gasteiger partial charge is 0.507 e. The molecule has 32 heavy (non-hydrogen) atoms. The second-order valence-corrected chi connectivity index (χ2v) is 10.0. The molecule has 172 valence electrons. The van der Waals surface area contributed by atoms with Gasteiger partial charge in [-0.1, -0.05) is 22.8 Å². The Bertz CT molecular complexity index is 1310. The van der Waals surface area contributed by atoms with E-state index < -0.39 is 20.8 Å². The Labute approximate surface area is 194 Å². The van der Waals surface area contributed by atoms with Gasteiger partial charge < -0.3 is 14.4 Å². The summed E-state index contributed by atoms with van der Waals surface area (Å²) in [5.74, 6) is -0.641. The number of hydrogen-bond donors (Lipinski definition) is 2. The summed E-state index contributed by atoms with van der Waals surface area (Å²) in [5.41, 5.74) is 2.62. The van der Waals surface area contributed by atoms with Crippen LogP contribution in [0, 0.1) is 27.7 Å². The maximum Gasteiger partial charge on any atom is 0.271 e. The molecule has 9 nitrogen and oxygen atoms in total. The second kappa shape index (κ2) is 8.83. The monoisotopic (exact) mass is 499 g/mol. The van der Waals surface area contributed by atoms with Crippen LogP contribution in [0.25, 0.3) is 11.3 Å². The lowest BCUT2D eigenvalue weighted by Crippen LogP contribution is -2.34. The molecule has 1 aromatic carbocycles. The van der Waals surface area contributed by atoms with Crippen molar-refractivity contribution in [3.05, 3.63) is 43.7 Å². The van der Waals surface area contributed by atoms with Crippen LogP contribution in [0.3, 0.4) is 0 Å². The number of thiophene rings is 1. The van der Waals surface area contributed by atoms with Crippen molar-refractivity contribution < 1.29 is 27.6 Å². The minimum Gasteiger partial charge on any atom is -0.507 e. The minimum absolute atomic E-state index is 0.00197. The summed E-state index contributed by atoms with van der Waals surface area (Å²) in [5, 5.41) is 21.2. The van der Waals surface area contributed by atoms with Gasteiger partial charge in [0.2, 0.25) is 10.0 Å². The normalized spacial score (nSPS) is 11.7. The van der Waals surface area contributed by atoms with Gasteiger partial charge in [-0.25, -0.2) is 13.6 Å². The number of nitrogens with zero attached hydrogens (tertiary/aromatic N) is 2. The summed E-state index contributed by atoms with van der Waals surface area (Å²) in [6.07, 6.45) is 0. The van der Waals surface area contributed by atoms with E-state index >= 15 is 0 Å². The molecule has 0 aliphatic heterocycles. The smallest absolute Gasteiger partial charge is 0.271 e. The fourth-order valence-corrected chi connectivity index (χ4v) is 5.95. The molecule has 0 atom stereocenters. The van der Waals surface area contributed by atoms with Crippen molar-refractivity contribution in [2.75, 3.05) is 18.7 Å². The molecule has 0 aliphatic rings. The highest BCUT2D eigenvalue weighted by Crippen LogP contribution is 2.41. The third-order valence-electron chi connectivity index (χ3n) is 4.92. The Morgan fingerprint density at radius 1 is 1.31 bits per heavy atom. The molecular weight excluding hydrogens is 478 g/mol. The lowest BCUT2D eigenvalue weighted by atomic mass is 10.0. The van der Waals surface area contributed by atoms with E-state index in [1.807, 2.05) is 0 Å². The van der Waals surface area contributed by atoms with E-state index in [1.54, 1.807) is 33.8 Å². The van der Waals surface area contributed by atoms with E-state index in [2.05, 4.69) is 5.16 Å². The van der Waals surface area contributed by atoms with Crippen LogP contribution in [0.5, 0.6) is 5.75 Å². The maximum absolute atomic E-state index is 13.6. The number of phenolic OH excluding ortho intramolecular Hbond substituents is 1. The molecule has 0 unspecified atom stereocenters. The predicted molar refractivity (Wildman–Crippen MR) is 122 cm³/mol. The van der Waals surface area contributed by atoms with Crippen LogP contribution in [0.4, 0.5) is 5.69 Å². The summed E-state index contributed by atoms with van der Waals surface area (Å²) in [4.78, 5) is 14.3. The number of rotatable bonds is 6. The van der Waals surface area contributed by atoms with Crippen LogP contribution in [0.15, 0.2) is 20.9 Å². The highest BCUT2D eigenvalue weighted by Gasteiger charge is 2.33. The molecule has 0 radical (unpaired) electrons. The van der Waals surface area contributed by atoms with E-state index in [1.165, 1.54) is 17.4 Å². The number of carbonyl (C=O) groups is 1. The highest BCUT2D eigenvalue weighted by molar-refractivity contribution is 7.89. The van der Waals surface area contributed by atoms with Gasteiger partial charge in [-0.05, 0) is 38.8 Å². The maximum atomic E-state index is 13.6. The van der Waals surface area contributed by atoms with Gasteiger partial charge in [0.25, 0.3) is 5.91 Å². The van der Waals surface area contributed by atoms with E-state index in [0.717, 1.165) is 11.3 Å². The standard InChI is InChI=1S/C20H22ClN3O6S2/c1-9-6-10(2)16(25)11(3)15(9)24(8-29-5)20(26)18-19(32(22,27)28)13(7-31-18)17-14(21)12(4)23-30-17/h6-7,25H,8H2,1-5H3,(H2,22,27,28). The number of nitrogens with two attached hydrogens (primary N) is 1. The van der Waals surface area contributed by atoms with Gasteiger partial charge in [0.05, 0.1) is 16.9 Å². The Kier molecular flexibility index (Phi) is 6.68. The minimum atomic E-state index is -4.36. The topological polar surface area (TPSA) is 136 Å². The Morgan fingerprint density at radius 2 is 1.97 bits per heavy atom. The number of amides is 1. The van der Waals surface area contributed by atoms with Gasteiger partial charge in [-0.15, -0.1) is 11.3 Å². The summed E-state index contributed by atoms with van der Waals surface area (Å²) in [6.45, 7) is 6.60. The van der Waals surface area contributed by atoms with Crippen LogP contribution in [-0.2, 0) is 14.8 Å². The first-order chi connectivity index (χ1) is 14.9. The molecule has 0 spiro atoms. The van der Waals surface area contributed by atoms with Gasteiger partial charge in [0, 0.05) is 18.1 Å². The third-order valence-corrected chi connectivity index (χ3v) is 7.46. The third kappa shape index (κ3) is 4.14. The quantitative estimate of drug-likeness (QED) is 0.491. The molecule has 2 aromatic heterocycles. The number of carbonyl (C=O) groups excluding carboxylic acids is 1. The zero-order valence-corrected chi connectivity index (χ0v) is 20.4. The first-order valence-electron chi connectivity index (χ1n) is 9.27. The first kappa shape index (κ1) is 24.2. The number of aryl methyl sites for hydroxylation is 3. The van der Waals surface area contributed by atoms with Crippen molar-refractivity contribution in [3.8, 4) is 17.1 Å². The Morgan fingerprint density at radius 3 is 2.50 bits per heavy atom. The zero-order valence-electron chi connectivity index (χ0n) is 18.0. The Hall–Kier alpha value is -2.44. The van der Waals surface area contributed by atoms with Gasteiger partial charge >= 0.3 is 0 Å². The molecule has 0 saturated heterocycles. The van der Waals surface area contributed by atoms with E-state index in [4.69, 9.17) is 26.0 Å². The summed E-state index contributed by atoms with van der Waals surface area (Å²) >= 11 is 7.08.